The maximum Gasteiger partial charge on any atom is 0.425 e. The molecule has 2 amide bonds. The molecule has 12 heteroatoms. The van der Waals surface area contributed by atoms with Crippen LogP contribution in [-0.4, -0.2) is 66.3 Å². The highest BCUT2D eigenvalue weighted by Crippen LogP contribution is 2.36. The molecule has 1 aliphatic rings. The van der Waals surface area contributed by atoms with Crippen LogP contribution in [0.25, 0.3) is 0 Å². The monoisotopic (exact) mass is 698 g/mol. The second kappa shape index (κ2) is 17.6. The average Bonchev–Trinajstić information content (AvgIpc) is 3.13. The lowest BCUT2D eigenvalue weighted by Gasteiger charge is -2.26. The number of amides is 2. The number of hydrogen-bond acceptors (Lipinski definition) is 9. The summed E-state index contributed by atoms with van der Waals surface area (Å²) >= 11 is 0. The second-order valence-corrected chi connectivity index (χ2v) is 12.7. The predicted octanol–water partition coefficient (Wildman–Crippen LogP) is 8.10. The summed E-state index contributed by atoms with van der Waals surface area (Å²) < 4.78 is 32.5. The highest BCUT2D eigenvalue weighted by atomic mass is 19.1. The molecule has 51 heavy (non-hydrogen) atoms. The molecule has 1 aliphatic heterocycles. The molecule has 1 aromatic heterocycles. The third-order valence-electron chi connectivity index (χ3n) is 8.84. The van der Waals surface area contributed by atoms with Crippen LogP contribution in [-0.2, 0) is 0 Å². The van der Waals surface area contributed by atoms with Crippen LogP contribution < -0.4 is 29.7 Å². The van der Waals surface area contributed by atoms with Gasteiger partial charge < -0.3 is 29.7 Å². The zero-order valence-electron chi connectivity index (χ0n) is 30.0. The van der Waals surface area contributed by atoms with Crippen LogP contribution in [0.15, 0.2) is 66.9 Å². The minimum Gasteiger partial charge on any atom is -0.495 e. The van der Waals surface area contributed by atoms with E-state index >= 15 is 4.39 Å². The first-order chi connectivity index (χ1) is 24.7. The first kappa shape index (κ1) is 37.0. The van der Waals surface area contributed by atoms with Crippen molar-refractivity contribution in [2.45, 2.75) is 65.8 Å². The summed E-state index contributed by atoms with van der Waals surface area (Å²) in [6.07, 6.45) is 6.04. The van der Waals surface area contributed by atoms with E-state index in [2.05, 4.69) is 25.5 Å². The molecular weight excluding hydrogens is 651 g/mol. The van der Waals surface area contributed by atoms with Gasteiger partial charge in [-0.05, 0) is 101 Å². The quantitative estimate of drug-likeness (QED) is 0.126. The average molecular weight is 699 g/mol. The van der Waals surface area contributed by atoms with Gasteiger partial charge in [-0.1, -0.05) is 31.5 Å². The van der Waals surface area contributed by atoms with Crippen molar-refractivity contribution in [2.75, 3.05) is 43.6 Å². The maximum atomic E-state index is 15.1. The molecule has 0 aliphatic carbocycles. The number of para-hydroxylation sites is 1. The third kappa shape index (κ3) is 9.72. The van der Waals surface area contributed by atoms with E-state index in [-0.39, 0.29) is 40.9 Å². The van der Waals surface area contributed by atoms with E-state index in [1.54, 1.807) is 36.4 Å². The number of rotatable bonds is 14. The maximum absolute atomic E-state index is 15.1. The normalized spacial score (nSPS) is 13.6. The molecule has 2 heterocycles. The van der Waals surface area contributed by atoms with Crippen molar-refractivity contribution in [3.63, 3.8) is 0 Å². The molecular formula is C39H47FN6O5. The number of halogens is 1. The Balaban J connectivity index is 1.38. The molecule has 270 valence electrons. The van der Waals surface area contributed by atoms with E-state index in [0.29, 0.717) is 23.6 Å². The summed E-state index contributed by atoms with van der Waals surface area (Å²) in [4.78, 5) is 39.6. The summed E-state index contributed by atoms with van der Waals surface area (Å²) in [7, 11) is 1.45. The number of likely N-dealkylation sites (tertiary alicyclic amines) is 1. The summed E-state index contributed by atoms with van der Waals surface area (Å²) in [5, 5.41) is 5.97. The Morgan fingerprint density at radius 2 is 1.76 bits per heavy atom. The minimum atomic E-state index is -0.764. The smallest absolute Gasteiger partial charge is 0.425 e. The minimum absolute atomic E-state index is 0.0227. The molecule has 3 aromatic carbocycles. The fourth-order valence-electron chi connectivity index (χ4n) is 5.83. The second-order valence-electron chi connectivity index (χ2n) is 12.7. The van der Waals surface area contributed by atoms with Gasteiger partial charge in [-0.2, -0.15) is 4.98 Å². The Kier molecular flexibility index (Phi) is 12.8. The highest BCUT2D eigenvalue weighted by molar-refractivity contribution is 6.00. The van der Waals surface area contributed by atoms with Gasteiger partial charge in [0.1, 0.15) is 17.3 Å². The van der Waals surface area contributed by atoms with Gasteiger partial charge in [0, 0.05) is 42.2 Å². The van der Waals surface area contributed by atoms with Gasteiger partial charge in [-0.3, -0.25) is 4.79 Å². The van der Waals surface area contributed by atoms with Crippen molar-refractivity contribution in [3.05, 3.63) is 89.4 Å². The number of nitrogens with zero attached hydrogens (tertiary/aromatic N) is 4. The molecule has 0 bridgehead atoms. The molecule has 11 nitrogen and oxygen atoms in total. The first-order valence-corrected chi connectivity index (χ1v) is 17.5. The Morgan fingerprint density at radius 3 is 2.47 bits per heavy atom. The van der Waals surface area contributed by atoms with E-state index in [0.717, 1.165) is 43.6 Å². The predicted molar refractivity (Wildman–Crippen MR) is 196 cm³/mol. The van der Waals surface area contributed by atoms with Crippen molar-refractivity contribution in [2.24, 2.45) is 0 Å². The first-order valence-electron chi connectivity index (χ1n) is 17.5. The van der Waals surface area contributed by atoms with Crippen LogP contribution in [0.5, 0.6) is 17.2 Å². The molecule has 4 aromatic rings. The Labute approximate surface area is 299 Å². The zero-order valence-corrected chi connectivity index (χ0v) is 30.0. The van der Waals surface area contributed by atoms with E-state index in [1.165, 1.54) is 43.5 Å². The topological polar surface area (TPSA) is 118 Å². The molecule has 2 N–H and O–H groups in total. The molecule has 1 fully saturated rings. The van der Waals surface area contributed by atoms with Crippen molar-refractivity contribution >= 4 is 35.1 Å². The highest BCUT2D eigenvalue weighted by Gasteiger charge is 2.27. The van der Waals surface area contributed by atoms with Gasteiger partial charge in [0.15, 0.2) is 11.6 Å². The summed E-state index contributed by atoms with van der Waals surface area (Å²) in [6.45, 7) is 11.2. The van der Waals surface area contributed by atoms with Crippen molar-refractivity contribution in [1.82, 2.24) is 20.2 Å². The third-order valence-corrected chi connectivity index (χ3v) is 8.84. The van der Waals surface area contributed by atoms with Crippen LogP contribution >= 0.6 is 0 Å². The van der Waals surface area contributed by atoms with Crippen LogP contribution in [0.1, 0.15) is 67.4 Å². The Bertz CT molecular complexity index is 1790. The largest absolute Gasteiger partial charge is 0.495 e. The zero-order chi connectivity index (χ0) is 36.3. The van der Waals surface area contributed by atoms with Gasteiger partial charge >= 0.3 is 6.09 Å². The number of methoxy groups -OCH3 is 1. The van der Waals surface area contributed by atoms with E-state index < -0.39 is 11.9 Å². The number of benzene rings is 3. The summed E-state index contributed by atoms with van der Waals surface area (Å²) in [5.74, 6) is 0.286. The van der Waals surface area contributed by atoms with Gasteiger partial charge in [0.2, 0.25) is 5.95 Å². The number of carbonyl (C=O) groups is 2. The number of carbonyl (C=O) groups excluding carboxylic acids is 2. The fraction of sp³-hybridized carbons (Fsp3) is 0.385. The Hall–Kier alpha value is -5.23. The molecule has 0 radical (unpaired) electrons. The molecule has 0 saturated carbocycles. The van der Waals surface area contributed by atoms with Crippen LogP contribution in [0.2, 0.25) is 0 Å². The number of aromatic nitrogens is 2. The lowest BCUT2D eigenvalue weighted by Crippen LogP contribution is -2.32. The van der Waals surface area contributed by atoms with Crippen LogP contribution in [0.4, 0.5) is 32.3 Å². The molecule has 1 atom stereocenters. The molecule has 0 spiro atoms. The van der Waals surface area contributed by atoms with Gasteiger partial charge in [0.25, 0.3) is 5.91 Å². The van der Waals surface area contributed by atoms with Crippen molar-refractivity contribution < 1.29 is 28.2 Å². The number of piperidine rings is 1. The van der Waals surface area contributed by atoms with E-state index in [1.807, 2.05) is 45.9 Å². The fourth-order valence-corrected chi connectivity index (χ4v) is 5.83. The molecule has 5 rings (SSSR count). The van der Waals surface area contributed by atoms with Crippen LogP contribution in [0, 0.1) is 19.7 Å². The molecule has 1 unspecified atom stereocenters. The van der Waals surface area contributed by atoms with E-state index in [4.69, 9.17) is 14.2 Å². The Morgan fingerprint density at radius 1 is 1.00 bits per heavy atom. The standard InChI is InChI=1S/C39H47FN6O5/c1-6-28(4)42-37(47)29-14-16-32(34(24-29)49-5)46(39(48)51-36-26(2)12-10-13-27(36)3)35-18-19-41-38(44-35)43-30-15-17-33(31(40)25-30)50-23-11-22-45-20-8-7-9-21-45/h10,12-19,24-25,28H,6-9,11,20-23H2,1-5H3,(H,42,47)(H,41,43,44). The van der Waals surface area contributed by atoms with Gasteiger partial charge in [-0.25, -0.2) is 19.1 Å². The van der Waals surface area contributed by atoms with Gasteiger partial charge in [-0.15, -0.1) is 0 Å². The number of hydrogen-bond donors (Lipinski definition) is 2. The van der Waals surface area contributed by atoms with Crippen molar-refractivity contribution in [1.29, 1.82) is 0 Å². The lowest BCUT2D eigenvalue weighted by molar-refractivity contribution is 0.0939. The lowest BCUT2D eigenvalue weighted by atomic mass is 10.1. The van der Waals surface area contributed by atoms with E-state index in [9.17, 15) is 9.59 Å². The summed E-state index contributed by atoms with van der Waals surface area (Å²) in [6, 6.07) is 16.4. The number of anilines is 4. The van der Waals surface area contributed by atoms with Gasteiger partial charge in [0.05, 0.1) is 19.4 Å². The number of ether oxygens (including phenoxy) is 3. The number of aryl methyl sites for hydroxylation is 2. The number of nitrogens with one attached hydrogen (secondary N) is 2. The molecule has 1 saturated heterocycles. The van der Waals surface area contributed by atoms with Crippen molar-refractivity contribution in [3.8, 4) is 17.2 Å². The van der Waals surface area contributed by atoms with Crippen LogP contribution in [0.3, 0.4) is 0 Å². The SMILES string of the molecule is CCC(C)NC(=O)c1ccc(N(C(=O)Oc2c(C)cccc2C)c2ccnc(Nc3ccc(OCCCN4CCCCC4)c(F)c3)n2)c(OC)c1. The summed E-state index contributed by atoms with van der Waals surface area (Å²) in [5.41, 5.74) is 2.58.